The SMILES string of the molecule is CN(CC(=O)Nc1ccc(Cl)c(Cl)c1)C(=O)CNS(=O)(=O)c1cccc(C(F)(F)F)c1. The Morgan fingerprint density at radius 2 is 1.74 bits per heavy atom. The van der Waals surface area contributed by atoms with Crippen LogP contribution >= 0.6 is 23.2 Å². The summed E-state index contributed by atoms with van der Waals surface area (Å²) >= 11 is 11.6. The minimum atomic E-state index is -4.72. The molecule has 2 rings (SSSR count). The molecule has 13 heteroatoms. The lowest BCUT2D eigenvalue weighted by Gasteiger charge is -2.17. The number of likely N-dealkylation sites (N-methyl/N-ethyl adjacent to an activating group) is 1. The number of hydrogen-bond donors (Lipinski definition) is 2. The molecule has 0 unspecified atom stereocenters. The summed E-state index contributed by atoms with van der Waals surface area (Å²) in [5, 5.41) is 3.00. The fourth-order valence-corrected chi connectivity index (χ4v) is 3.61. The summed E-state index contributed by atoms with van der Waals surface area (Å²) < 4.78 is 64.6. The van der Waals surface area contributed by atoms with Crippen molar-refractivity contribution in [1.29, 1.82) is 0 Å². The van der Waals surface area contributed by atoms with Gasteiger partial charge in [-0.15, -0.1) is 0 Å². The van der Waals surface area contributed by atoms with Crippen molar-refractivity contribution in [2.24, 2.45) is 0 Å². The van der Waals surface area contributed by atoms with Crippen LogP contribution in [-0.2, 0) is 25.8 Å². The largest absolute Gasteiger partial charge is 0.416 e. The van der Waals surface area contributed by atoms with Crippen molar-refractivity contribution in [3.63, 3.8) is 0 Å². The predicted molar refractivity (Wildman–Crippen MR) is 109 cm³/mol. The zero-order valence-electron chi connectivity index (χ0n) is 15.8. The van der Waals surface area contributed by atoms with E-state index in [4.69, 9.17) is 23.2 Å². The van der Waals surface area contributed by atoms with Gasteiger partial charge in [0.1, 0.15) is 0 Å². The van der Waals surface area contributed by atoms with E-state index < -0.39 is 51.6 Å². The van der Waals surface area contributed by atoms with Gasteiger partial charge in [-0.2, -0.15) is 13.2 Å². The van der Waals surface area contributed by atoms with Crippen LogP contribution in [0.5, 0.6) is 0 Å². The Bertz CT molecular complexity index is 1090. The lowest BCUT2D eigenvalue weighted by molar-refractivity contribution is -0.137. The van der Waals surface area contributed by atoms with Gasteiger partial charge in [0.2, 0.25) is 21.8 Å². The number of carbonyl (C=O) groups is 2. The van der Waals surface area contributed by atoms with Gasteiger partial charge in [0.25, 0.3) is 0 Å². The molecule has 0 saturated heterocycles. The van der Waals surface area contributed by atoms with Crippen LogP contribution in [0, 0.1) is 0 Å². The van der Waals surface area contributed by atoms with Crippen molar-refractivity contribution in [1.82, 2.24) is 9.62 Å². The zero-order valence-corrected chi connectivity index (χ0v) is 18.2. The second kappa shape index (κ2) is 9.86. The van der Waals surface area contributed by atoms with E-state index in [-0.39, 0.29) is 5.02 Å². The van der Waals surface area contributed by atoms with Crippen LogP contribution in [0.25, 0.3) is 0 Å². The predicted octanol–water partition coefficient (Wildman–Crippen LogP) is 3.39. The van der Waals surface area contributed by atoms with E-state index in [1.165, 1.54) is 25.2 Å². The fourth-order valence-electron chi connectivity index (χ4n) is 2.29. The molecule has 2 N–H and O–H groups in total. The highest BCUT2D eigenvalue weighted by Gasteiger charge is 2.31. The summed E-state index contributed by atoms with van der Waals surface area (Å²) in [4.78, 5) is 24.5. The first kappa shape index (κ1) is 24.9. The first-order valence-electron chi connectivity index (χ1n) is 8.45. The quantitative estimate of drug-likeness (QED) is 0.612. The minimum Gasteiger partial charge on any atom is -0.335 e. The molecule has 31 heavy (non-hydrogen) atoms. The molecule has 168 valence electrons. The molecule has 0 bridgehead atoms. The lowest BCUT2D eigenvalue weighted by Crippen LogP contribution is -2.41. The van der Waals surface area contributed by atoms with Gasteiger partial charge in [-0.3, -0.25) is 9.59 Å². The zero-order chi connectivity index (χ0) is 23.4. The second-order valence-corrected chi connectivity index (χ2v) is 8.86. The number of anilines is 1. The number of rotatable bonds is 7. The monoisotopic (exact) mass is 497 g/mol. The van der Waals surface area contributed by atoms with Crippen molar-refractivity contribution in [2.75, 3.05) is 25.5 Å². The molecule has 7 nitrogen and oxygen atoms in total. The molecule has 0 aliphatic rings. The number of benzene rings is 2. The Balaban J connectivity index is 1.95. The fraction of sp³-hybridized carbons (Fsp3) is 0.222. The van der Waals surface area contributed by atoms with Crippen LogP contribution < -0.4 is 10.0 Å². The molecule has 0 saturated carbocycles. The molecule has 0 spiro atoms. The van der Waals surface area contributed by atoms with Crippen LogP contribution in [0.2, 0.25) is 10.0 Å². The summed E-state index contributed by atoms with van der Waals surface area (Å²) in [5.41, 5.74) is -0.803. The van der Waals surface area contributed by atoms with Crippen LogP contribution in [-0.4, -0.2) is 45.3 Å². The molecule has 0 aromatic heterocycles. The van der Waals surface area contributed by atoms with E-state index in [2.05, 4.69) is 5.32 Å². The van der Waals surface area contributed by atoms with Gasteiger partial charge in [0, 0.05) is 12.7 Å². The van der Waals surface area contributed by atoms with Crippen molar-refractivity contribution in [3.05, 3.63) is 58.1 Å². The van der Waals surface area contributed by atoms with Crippen LogP contribution in [0.3, 0.4) is 0 Å². The molecule has 2 amide bonds. The number of carbonyl (C=O) groups excluding carboxylic acids is 2. The highest BCUT2D eigenvalue weighted by atomic mass is 35.5. The Morgan fingerprint density at radius 3 is 2.35 bits per heavy atom. The molecule has 2 aromatic rings. The molecular weight excluding hydrogens is 482 g/mol. The first-order valence-corrected chi connectivity index (χ1v) is 10.7. The first-order chi connectivity index (χ1) is 14.3. The summed E-state index contributed by atoms with van der Waals surface area (Å²) in [6.07, 6.45) is -4.72. The summed E-state index contributed by atoms with van der Waals surface area (Å²) in [6.45, 7) is -1.17. The average Bonchev–Trinajstić information content (AvgIpc) is 2.68. The van der Waals surface area contributed by atoms with Crippen molar-refractivity contribution in [2.45, 2.75) is 11.1 Å². The Labute approximate surface area is 186 Å². The van der Waals surface area contributed by atoms with Gasteiger partial charge in [-0.1, -0.05) is 29.3 Å². The van der Waals surface area contributed by atoms with Gasteiger partial charge in [0.05, 0.1) is 33.6 Å². The highest BCUT2D eigenvalue weighted by molar-refractivity contribution is 7.89. The Morgan fingerprint density at radius 1 is 1.06 bits per heavy atom. The smallest absolute Gasteiger partial charge is 0.335 e. The molecule has 0 radical (unpaired) electrons. The van der Waals surface area contributed by atoms with Crippen molar-refractivity contribution < 1.29 is 31.2 Å². The number of amides is 2. The van der Waals surface area contributed by atoms with Gasteiger partial charge in [0.15, 0.2) is 0 Å². The maximum atomic E-state index is 12.8. The second-order valence-electron chi connectivity index (χ2n) is 6.28. The molecule has 0 aliphatic carbocycles. The van der Waals surface area contributed by atoms with Crippen LogP contribution in [0.1, 0.15) is 5.56 Å². The van der Waals surface area contributed by atoms with Gasteiger partial charge in [-0.05, 0) is 36.4 Å². The maximum absolute atomic E-state index is 12.8. The number of hydrogen-bond acceptors (Lipinski definition) is 4. The number of nitrogens with zero attached hydrogens (tertiary/aromatic N) is 1. The van der Waals surface area contributed by atoms with E-state index in [0.717, 1.165) is 23.1 Å². The van der Waals surface area contributed by atoms with Crippen molar-refractivity contribution in [3.8, 4) is 0 Å². The Hall–Kier alpha value is -2.34. The molecule has 0 heterocycles. The van der Waals surface area contributed by atoms with Crippen LogP contribution in [0.15, 0.2) is 47.4 Å². The third kappa shape index (κ3) is 7.10. The van der Waals surface area contributed by atoms with E-state index in [0.29, 0.717) is 16.8 Å². The minimum absolute atomic E-state index is 0.216. The highest BCUT2D eigenvalue weighted by Crippen LogP contribution is 2.30. The van der Waals surface area contributed by atoms with Gasteiger partial charge >= 0.3 is 6.18 Å². The Kier molecular flexibility index (Phi) is 7.93. The average molecular weight is 498 g/mol. The number of alkyl halides is 3. The number of sulfonamides is 1. The van der Waals surface area contributed by atoms with Gasteiger partial charge in [-0.25, -0.2) is 13.1 Å². The molecular formula is C18H16Cl2F3N3O4S. The van der Waals surface area contributed by atoms with E-state index >= 15 is 0 Å². The molecule has 0 atom stereocenters. The standard InChI is InChI=1S/C18H16Cl2F3N3O4S/c1-26(10-16(27)25-12-5-6-14(19)15(20)8-12)17(28)9-24-31(29,30)13-4-2-3-11(7-13)18(21,22)23/h2-8,24H,9-10H2,1H3,(H,25,27). The maximum Gasteiger partial charge on any atom is 0.416 e. The number of halogens is 5. The van der Waals surface area contributed by atoms with Crippen molar-refractivity contribution >= 4 is 50.7 Å². The third-order valence-corrected chi connectivity index (χ3v) is 6.03. The topological polar surface area (TPSA) is 95.6 Å². The summed E-state index contributed by atoms with van der Waals surface area (Å²) in [6, 6.07) is 7.47. The summed E-state index contributed by atoms with van der Waals surface area (Å²) in [7, 11) is -3.12. The van der Waals surface area contributed by atoms with E-state index in [1.807, 2.05) is 4.72 Å². The van der Waals surface area contributed by atoms with E-state index in [9.17, 15) is 31.2 Å². The van der Waals surface area contributed by atoms with E-state index in [1.54, 1.807) is 0 Å². The molecule has 0 fully saturated rings. The summed E-state index contributed by atoms with van der Waals surface area (Å²) in [5.74, 6) is -1.37. The molecule has 0 aliphatic heterocycles. The normalized spacial score (nSPS) is 11.8. The van der Waals surface area contributed by atoms with Crippen LogP contribution in [0.4, 0.5) is 18.9 Å². The molecule has 2 aromatic carbocycles. The number of nitrogens with one attached hydrogen (secondary N) is 2. The van der Waals surface area contributed by atoms with Gasteiger partial charge < -0.3 is 10.2 Å². The third-order valence-electron chi connectivity index (χ3n) is 3.89. The lowest BCUT2D eigenvalue weighted by atomic mass is 10.2.